The Morgan fingerprint density at radius 1 is 1.14 bits per heavy atom. The van der Waals surface area contributed by atoms with Crippen LogP contribution in [0.15, 0.2) is 42.9 Å². The van der Waals surface area contributed by atoms with Gasteiger partial charge < -0.3 is 20.6 Å². The lowest BCUT2D eigenvalue weighted by Gasteiger charge is -2.27. The highest BCUT2D eigenvalue weighted by Gasteiger charge is 2.38. The number of carboxylic acids is 1. The number of carbonyl (C=O) groups is 2. The van der Waals surface area contributed by atoms with Crippen molar-refractivity contribution in [2.24, 2.45) is 7.05 Å². The van der Waals surface area contributed by atoms with Gasteiger partial charge in [-0.3, -0.25) is 9.48 Å². The highest BCUT2D eigenvalue weighted by atomic mass is 19.4. The fourth-order valence-corrected chi connectivity index (χ4v) is 3.12. The molecule has 1 aromatic carbocycles. The van der Waals surface area contributed by atoms with E-state index in [1.165, 1.54) is 16.8 Å². The maximum Gasteiger partial charge on any atom is 0.490 e. The summed E-state index contributed by atoms with van der Waals surface area (Å²) in [5.74, 6) is -2.86. The number of carbonyl (C=O) groups excluding carboxylic acids is 1. The van der Waals surface area contributed by atoms with Crippen LogP contribution in [0.3, 0.4) is 0 Å². The fraction of sp³-hybridized carbons (Fsp3) is 0.286. The predicted molar refractivity (Wildman–Crippen MR) is 117 cm³/mol. The van der Waals surface area contributed by atoms with Gasteiger partial charge in [-0.25, -0.2) is 19.2 Å². The molecular weight excluding hydrogens is 474 g/mol. The lowest BCUT2D eigenvalue weighted by molar-refractivity contribution is -0.192. The van der Waals surface area contributed by atoms with E-state index in [9.17, 15) is 22.4 Å². The number of amides is 1. The SMILES string of the molecule is Cn1cc(C(=O)Nc2cnc(N3CCNCC3)nc2)c(-c2cccc(F)c2)n1.O=C(O)C(F)(F)F. The number of anilines is 2. The van der Waals surface area contributed by atoms with Crippen molar-refractivity contribution in [3.63, 3.8) is 0 Å². The van der Waals surface area contributed by atoms with Gasteiger partial charge in [0.25, 0.3) is 5.91 Å². The van der Waals surface area contributed by atoms with Gasteiger partial charge in [-0.15, -0.1) is 0 Å². The second-order valence-electron chi connectivity index (χ2n) is 7.34. The van der Waals surface area contributed by atoms with Gasteiger partial charge in [0, 0.05) is 45.0 Å². The molecule has 0 atom stereocenters. The molecule has 0 aliphatic carbocycles. The van der Waals surface area contributed by atoms with E-state index in [0.717, 1.165) is 26.2 Å². The Labute approximate surface area is 196 Å². The number of rotatable bonds is 4. The molecule has 1 aliphatic rings. The van der Waals surface area contributed by atoms with Crippen molar-refractivity contribution in [2.75, 3.05) is 36.4 Å². The van der Waals surface area contributed by atoms with Crippen LogP contribution in [0.5, 0.6) is 0 Å². The molecule has 35 heavy (non-hydrogen) atoms. The number of aliphatic carboxylic acids is 1. The highest BCUT2D eigenvalue weighted by molar-refractivity contribution is 6.07. The third-order valence-electron chi connectivity index (χ3n) is 4.71. The first kappa shape index (κ1) is 25.6. The van der Waals surface area contributed by atoms with Crippen molar-refractivity contribution in [1.82, 2.24) is 25.1 Å². The zero-order valence-electron chi connectivity index (χ0n) is 18.4. The van der Waals surface area contributed by atoms with E-state index >= 15 is 0 Å². The van der Waals surface area contributed by atoms with Gasteiger partial charge in [0.1, 0.15) is 11.5 Å². The van der Waals surface area contributed by atoms with Crippen molar-refractivity contribution in [3.05, 3.63) is 54.2 Å². The molecule has 1 fully saturated rings. The van der Waals surface area contributed by atoms with Crippen molar-refractivity contribution in [2.45, 2.75) is 6.18 Å². The Hall–Kier alpha value is -4.07. The highest BCUT2D eigenvalue weighted by Crippen LogP contribution is 2.23. The number of nitrogens with one attached hydrogen (secondary N) is 2. The molecule has 0 unspecified atom stereocenters. The summed E-state index contributed by atoms with van der Waals surface area (Å²) in [7, 11) is 1.71. The lowest BCUT2D eigenvalue weighted by atomic mass is 10.1. The first-order valence-corrected chi connectivity index (χ1v) is 10.2. The summed E-state index contributed by atoms with van der Waals surface area (Å²) >= 11 is 0. The molecule has 10 nitrogen and oxygen atoms in total. The molecule has 3 N–H and O–H groups in total. The molecule has 1 amide bonds. The Bertz CT molecular complexity index is 1180. The quantitative estimate of drug-likeness (QED) is 0.471. The van der Waals surface area contributed by atoms with E-state index in [-0.39, 0.29) is 11.7 Å². The average molecular weight is 495 g/mol. The molecule has 3 aromatic rings. The van der Waals surface area contributed by atoms with Crippen LogP contribution in [0.1, 0.15) is 10.4 Å². The maximum atomic E-state index is 13.6. The van der Waals surface area contributed by atoms with E-state index in [1.54, 1.807) is 37.8 Å². The van der Waals surface area contributed by atoms with Crippen LogP contribution in [-0.2, 0) is 11.8 Å². The minimum atomic E-state index is -5.08. The fourth-order valence-electron chi connectivity index (χ4n) is 3.12. The number of hydrogen-bond donors (Lipinski definition) is 3. The van der Waals surface area contributed by atoms with E-state index in [0.29, 0.717) is 28.5 Å². The van der Waals surface area contributed by atoms with Gasteiger partial charge in [-0.2, -0.15) is 18.3 Å². The number of carboxylic acid groups (broad SMARTS) is 1. The number of piperazine rings is 1. The number of hydrogen-bond acceptors (Lipinski definition) is 7. The van der Waals surface area contributed by atoms with Crippen LogP contribution in [0.2, 0.25) is 0 Å². The van der Waals surface area contributed by atoms with Crippen LogP contribution in [0, 0.1) is 5.82 Å². The molecule has 0 saturated carbocycles. The van der Waals surface area contributed by atoms with Gasteiger partial charge in [0.05, 0.1) is 23.6 Å². The zero-order chi connectivity index (χ0) is 25.6. The van der Waals surface area contributed by atoms with Crippen molar-refractivity contribution in [3.8, 4) is 11.3 Å². The van der Waals surface area contributed by atoms with Gasteiger partial charge in [0.15, 0.2) is 0 Å². The lowest BCUT2D eigenvalue weighted by Crippen LogP contribution is -2.44. The molecule has 0 bridgehead atoms. The first-order chi connectivity index (χ1) is 16.5. The summed E-state index contributed by atoms with van der Waals surface area (Å²) in [4.78, 5) is 32.4. The molecule has 2 aromatic heterocycles. The van der Waals surface area contributed by atoms with E-state index in [1.807, 2.05) is 0 Å². The molecule has 0 spiro atoms. The molecule has 1 saturated heterocycles. The largest absolute Gasteiger partial charge is 0.490 e. The summed E-state index contributed by atoms with van der Waals surface area (Å²) in [6, 6.07) is 6.01. The minimum Gasteiger partial charge on any atom is -0.475 e. The van der Waals surface area contributed by atoms with E-state index in [2.05, 4.69) is 30.6 Å². The van der Waals surface area contributed by atoms with Crippen molar-refractivity contribution < 1.29 is 32.3 Å². The zero-order valence-corrected chi connectivity index (χ0v) is 18.4. The Morgan fingerprint density at radius 3 is 2.34 bits per heavy atom. The average Bonchev–Trinajstić information content (AvgIpc) is 3.22. The molecule has 0 radical (unpaired) electrons. The van der Waals surface area contributed by atoms with Gasteiger partial charge in [-0.05, 0) is 12.1 Å². The van der Waals surface area contributed by atoms with Crippen LogP contribution >= 0.6 is 0 Å². The van der Waals surface area contributed by atoms with Crippen molar-refractivity contribution in [1.29, 1.82) is 0 Å². The van der Waals surface area contributed by atoms with Crippen LogP contribution in [0.25, 0.3) is 11.3 Å². The van der Waals surface area contributed by atoms with Gasteiger partial charge in [0.2, 0.25) is 5.95 Å². The topological polar surface area (TPSA) is 125 Å². The summed E-state index contributed by atoms with van der Waals surface area (Å²) < 4.78 is 46.8. The summed E-state index contributed by atoms with van der Waals surface area (Å²) in [5, 5.41) is 17.5. The van der Waals surface area contributed by atoms with Gasteiger partial charge in [-0.1, -0.05) is 12.1 Å². The second kappa shape index (κ2) is 10.9. The molecule has 3 heterocycles. The Kier molecular flexibility index (Phi) is 7.96. The molecule has 1 aliphatic heterocycles. The number of benzene rings is 1. The third kappa shape index (κ3) is 6.96. The number of alkyl halides is 3. The van der Waals surface area contributed by atoms with E-state index in [4.69, 9.17) is 9.90 Å². The third-order valence-corrected chi connectivity index (χ3v) is 4.71. The van der Waals surface area contributed by atoms with Crippen molar-refractivity contribution >= 4 is 23.5 Å². The molecule has 186 valence electrons. The first-order valence-electron chi connectivity index (χ1n) is 10.2. The second-order valence-corrected chi connectivity index (χ2v) is 7.34. The smallest absolute Gasteiger partial charge is 0.475 e. The minimum absolute atomic E-state index is 0.347. The monoisotopic (exact) mass is 495 g/mol. The summed E-state index contributed by atoms with van der Waals surface area (Å²) in [5.41, 5.74) is 1.78. The predicted octanol–water partition coefficient (Wildman–Crippen LogP) is 2.31. The Balaban J connectivity index is 0.000000429. The van der Waals surface area contributed by atoms with Crippen LogP contribution in [0.4, 0.5) is 29.2 Å². The number of halogens is 4. The molecular formula is C21H21F4N7O3. The summed E-state index contributed by atoms with van der Waals surface area (Å²) in [6.07, 6.45) is -0.313. The number of aromatic nitrogens is 4. The normalized spacial score (nSPS) is 13.6. The number of nitrogens with zero attached hydrogens (tertiary/aromatic N) is 5. The molecule has 14 heteroatoms. The van der Waals surface area contributed by atoms with Gasteiger partial charge >= 0.3 is 12.1 Å². The van der Waals surface area contributed by atoms with Crippen LogP contribution in [-0.4, -0.2) is 69.1 Å². The summed E-state index contributed by atoms with van der Waals surface area (Å²) in [6.45, 7) is 3.48. The Morgan fingerprint density at radius 2 is 1.77 bits per heavy atom. The standard InChI is InChI=1S/C19H20FN7O.C2HF3O2/c1-26-12-16(17(25-26)13-3-2-4-14(20)9-13)18(28)24-15-10-22-19(23-11-15)27-7-5-21-6-8-27;3-2(4,5)1(6)7/h2-4,9-12,21H,5-8H2,1H3,(H,24,28);(H,6,7). The molecule has 4 rings (SSSR count). The maximum absolute atomic E-state index is 13.6. The van der Waals surface area contributed by atoms with Crippen LogP contribution < -0.4 is 15.5 Å². The number of aryl methyl sites for hydroxylation is 1. The van der Waals surface area contributed by atoms with E-state index < -0.39 is 12.1 Å².